The van der Waals surface area contributed by atoms with Gasteiger partial charge in [0.25, 0.3) is 0 Å². The molecule has 1 unspecified atom stereocenters. The third-order valence-corrected chi connectivity index (χ3v) is 2.76. The molecule has 0 aliphatic carbocycles. The lowest BCUT2D eigenvalue weighted by atomic mass is 10.2. The molecule has 1 N–H and O–H groups in total. The van der Waals surface area contributed by atoms with E-state index in [2.05, 4.69) is 6.58 Å². The minimum atomic E-state index is -0.366. The molecular formula is C11H18NO3+. The van der Waals surface area contributed by atoms with Crippen LogP contribution in [0.2, 0.25) is 0 Å². The van der Waals surface area contributed by atoms with Gasteiger partial charge in [-0.25, -0.2) is 0 Å². The fourth-order valence-corrected chi connectivity index (χ4v) is 1.74. The molecule has 84 valence electrons. The molecule has 0 aromatic carbocycles. The SMILES string of the molecule is C=CCOC(=O)[N+]1(CO)CC/C(=C\C)C1. The van der Waals surface area contributed by atoms with Crippen LogP contribution in [0.4, 0.5) is 4.79 Å². The van der Waals surface area contributed by atoms with E-state index in [1.807, 2.05) is 13.0 Å². The number of ether oxygens (including phenoxy) is 1. The van der Waals surface area contributed by atoms with Crippen molar-refractivity contribution in [1.29, 1.82) is 0 Å². The van der Waals surface area contributed by atoms with Crippen LogP contribution in [0.15, 0.2) is 24.3 Å². The van der Waals surface area contributed by atoms with Gasteiger partial charge in [0.15, 0.2) is 6.73 Å². The van der Waals surface area contributed by atoms with Crippen molar-refractivity contribution in [3.63, 3.8) is 0 Å². The Morgan fingerprint density at radius 1 is 1.73 bits per heavy atom. The summed E-state index contributed by atoms with van der Waals surface area (Å²) in [6.07, 6.45) is 4.00. The molecule has 0 radical (unpaired) electrons. The number of aliphatic hydroxyl groups is 1. The lowest BCUT2D eigenvalue weighted by molar-refractivity contribution is -0.862. The second-order valence-electron chi connectivity index (χ2n) is 3.73. The van der Waals surface area contributed by atoms with E-state index >= 15 is 0 Å². The second-order valence-corrected chi connectivity index (χ2v) is 3.73. The van der Waals surface area contributed by atoms with E-state index in [1.54, 1.807) is 0 Å². The zero-order valence-corrected chi connectivity index (χ0v) is 9.11. The Kier molecular flexibility index (Phi) is 4.05. The van der Waals surface area contributed by atoms with Crippen LogP contribution in [0.3, 0.4) is 0 Å². The van der Waals surface area contributed by atoms with Crippen molar-refractivity contribution in [2.45, 2.75) is 13.3 Å². The Morgan fingerprint density at radius 3 is 2.93 bits per heavy atom. The van der Waals surface area contributed by atoms with Gasteiger partial charge in [-0.2, -0.15) is 9.28 Å². The summed E-state index contributed by atoms with van der Waals surface area (Å²) in [6.45, 7) is 6.60. The molecule has 1 amide bonds. The molecule has 0 bridgehead atoms. The predicted molar refractivity (Wildman–Crippen MR) is 57.0 cm³/mol. The van der Waals surface area contributed by atoms with Gasteiger partial charge in [-0.1, -0.05) is 18.7 Å². The van der Waals surface area contributed by atoms with Gasteiger partial charge in [0.1, 0.15) is 13.2 Å². The number of nitrogens with zero attached hydrogens (tertiary/aromatic N) is 1. The lowest BCUT2D eigenvalue weighted by Gasteiger charge is -2.26. The number of quaternary nitrogens is 1. The minimum absolute atomic E-state index is 0.00644. The first kappa shape index (κ1) is 11.9. The van der Waals surface area contributed by atoms with Crippen LogP contribution in [0.5, 0.6) is 0 Å². The lowest BCUT2D eigenvalue weighted by Crippen LogP contribution is -2.51. The molecule has 1 fully saturated rings. The van der Waals surface area contributed by atoms with Crippen LogP contribution in [-0.4, -0.2) is 42.1 Å². The fourth-order valence-electron chi connectivity index (χ4n) is 1.74. The molecule has 1 aliphatic rings. The van der Waals surface area contributed by atoms with Gasteiger partial charge in [-0.05, 0) is 12.5 Å². The van der Waals surface area contributed by atoms with Crippen LogP contribution < -0.4 is 0 Å². The Bertz CT molecular complexity index is 286. The summed E-state index contributed by atoms with van der Waals surface area (Å²) < 4.78 is 4.98. The van der Waals surface area contributed by atoms with Gasteiger partial charge in [-0.3, -0.25) is 0 Å². The molecule has 1 atom stereocenters. The average Bonchev–Trinajstić information content (AvgIpc) is 2.70. The first-order valence-electron chi connectivity index (χ1n) is 5.08. The molecule has 1 rings (SSSR count). The van der Waals surface area contributed by atoms with E-state index in [-0.39, 0.29) is 23.9 Å². The maximum absolute atomic E-state index is 11.7. The van der Waals surface area contributed by atoms with Gasteiger partial charge >= 0.3 is 6.09 Å². The smallest absolute Gasteiger partial charge is 0.416 e. The highest BCUT2D eigenvalue weighted by atomic mass is 16.6. The summed E-state index contributed by atoms with van der Waals surface area (Å²) in [6, 6.07) is 0. The van der Waals surface area contributed by atoms with E-state index in [9.17, 15) is 9.90 Å². The molecule has 0 saturated carbocycles. The average molecular weight is 212 g/mol. The Balaban J connectivity index is 2.69. The maximum Gasteiger partial charge on any atom is 0.518 e. The van der Waals surface area contributed by atoms with E-state index < -0.39 is 0 Å². The van der Waals surface area contributed by atoms with Gasteiger partial charge in [-0.15, -0.1) is 0 Å². The van der Waals surface area contributed by atoms with E-state index in [1.165, 1.54) is 11.6 Å². The molecular weight excluding hydrogens is 194 g/mol. The number of hydrogen-bond acceptors (Lipinski definition) is 3. The normalized spacial score (nSPS) is 28.0. The monoisotopic (exact) mass is 212 g/mol. The first-order valence-corrected chi connectivity index (χ1v) is 5.08. The van der Waals surface area contributed by atoms with E-state index in [4.69, 9.17) is 4.74 Å². The zero-order valence-electron chi connectivity index (χ0n) is 9.11. The van der Waals surface area contributed by atoms with Crippen molar-refractivity contribution in [2.24, 2.45) is 0 Å². The highest BCUT2D eigenvalue weighted by molar-refractivity contribution is 5.60. The van der Waals surface area contributed by atoms with Crippen molar-refractivity contribution in [1.82, 2.24) is 0 Å². The number of allylic oxidation sites excluding steroid dienone is 1. The van der Waals surface area contributed by atoms with Gasteiger partial charge < -0.3 is 9.84 Å². The highest BCUT2D eigenvalue weighted by Gasteiger charge is 2.43. The van der Waals surface area contributed by atoms with Gasteiger partial charge in [0, 0.05) is 6.42 Å². The quantitative estimate of drug-likeness (QED) is 0.568. The molecule has 1 aliphatic heterocycles. The van der Waals surface area contributed by atoms with Crippen molar-refractivity contribution in [3.8, 4) is 0 Å². The Labute approximate surface area is 90.0 Å². The van der Waals surface area contributed by atoms with Crippen molar-refractivity contribution < 1.29 is 19.1 Å². The van der Waals surface area contributed by atoms with Crippen molar-refractivity contribution in [3.05, 3.63) is 24.3 Å². The van der Waals surface area contributed by atoms with Crippen LogP contribution in [-0.2, 0) is 4.74 Å². The number of likely N-dealkylation sites (tertiary alicyclic amines) is 1. The molecule has 4 heteroatoms. The Hall–Kier alpha value is -1.13. The first-order chi connectivity index (χ1) is 7.18. The number of hydrogen-bond donors (Lipinski definition) is 1. The van der Waals surface area contributed by atoms with E-state index in [0.717, 1.165) is 6.42 Å². The molecule has 1 saturated heterocycles. The number of aliphatic hydroxyl groups excluding tert-OH is 1. The van der Waals surface area contributed by atoms with Crippen LogP contribution in [0.25, 0.3) is 0 Å². The zero-order chi connectivity index (χ0) is 11.3. The molecule has 4 nitrogen and oxygen atoms in total. The molecule has 0 aromatic rings. The standard InChI is InChI=1S/C11H18NO3/c1-3-7-15-11(14)12(9-13)6-5-10(4-2)8-12/h3-4,13H,1,5-9H2,2H3/q+1/b10-4+. The van der Waals surface area contributed by atoms with Crippen molar-refractivity contribution >= 4 is 6.09 Å². The number of rotatable bonds is 3. The summed E-state index contributed by atoms with van der Waals surface area (Å²) in [5.74, 6) is 0. The molecule has 15 heavy (non-hydrogen) atoms. The largest absolute Gasteiger partial charge is 0.518 e. The Morgan fingerprint density at radius 2 is 2.47 bits per heavy atom. The highest BCUT2D eigenvalue weighted by Crippen LogP contribution is 2.24. The summed E-state index contributed by atoms with van der Waals surface area (Å²) >= 11 is 0. The summed E-state index contributed by atoms with van der Waals surface area (Å²) in [5, 5.41) is 9.32. The predicted octanol–water partition coefficient (Wildman–Crippen LogP) is 1.43. The number of amides is 1. The summed E-state index contributed by atoms with van der Waals surface area (Å²) in [5.41, 5.74) is 1.19. The van der Waals surface area contributed by atoms with Crippen LogP contribution in [0.1, 0.15) is 13.3 Å². The van der Waals surface area contributed by atoms with Crippen LogP contribution in [0, 0.1) is 0 Å². The summed E-state index contributed by atoms with van der Waals surface area (Å²) in [4.78, 5) is 11.7. The maximum atomic E-state index is 11.7. The molecule has 0 spiro atoms. The van der Waals surface area contributed by atoms with Crippen molar-refractivity contribution in [2.75, 3.05) is 26.4 Å². The topological polar surface area (TPSA) is 46.5 Å². The van der Waals surface area contributed by atoms with Gasteiger partial charge in [0.2, 0.25) is 0 Å². The molecule has 1 heterocycles. The van der Waals surface area contributed by atoms with Gasteiger partial charge in [0.05, 0.1) is 6.54 Å². The third kappa shape index (κ3) is 2.46. The van der Waals surface area contributed by atoms with E-state index in [0.29, 0.717) is 13.1 Å². The fraction of sp³-hybridized carbons (Fsp3) is 0.545. The van der Waals surface area contributed by atoms with Crippen LogP contribution >= 0.6 is 0 Å². The minimum Gasteiger partial charge on any atom is -0.416 e. The third-order valence-electron chi connectivity index (χ3n) is 2.76. The second kappa shape index (κ2) is 5.09. The molecule has 0 aromatic heterocycles. The summed E-state index contributed by atoms with van der Waals surface area (Å²) in [7, 11) is 0. The number of carbonyl (C=O) groups is 1. The number of carbonyl (C=O) groups excluding carboxylic acids is 1.